The van der Waals surface area contributed by atoms with Crippen LogP contribution in [-0.2, 0) is 27.3 Å². The molecule has 0 spiro atoms. The van der Waals surface area contributed by atoms with Gasteiger partial charge in [0.2, 0.25) is 23.5 Å². The largest absolute Gasteiger partial charge is 0.370 e. The number of nitrogens with two attached hydrogens (primary N) is 3. The van der Waals surface area contributed by atoms with Crippen molar-refractivity contribution in [1.29, 1.82) is 0 Å². The molecular formula is C34H40N8O4S. The van der Waals surface area contributed by atoms with E-state index < -0.39 is 35.8 Å². The van der Waals surface area contributed by atoms with Crippen molar-refractivity contribution < 1.29 is 19.2 Å². The number of amides is 3. The average molecular weight is 657 g/mol. The molecule has 3 aromatic carbocycles. The topological polar surface area (TPSA) is 208 Å². The van der Waals surface area contributed by atoms with E-state index >= 15 is 0 Å². The van der Waals surface area contributed by atoms with Crippen molar-refractivity contribution in [1.82, 2.24) is 20.9 Å². The highest BCUT2D eigenvalue weighted by atomic mass is 32.1. The predicted molar refractivity (Wildman–Crippen MR) is 183 cm³/mol. The van der Waals surface area contributed by atoms with Crippen molar-refractivity contribution >= 4 is 51.0 Å². The monoisotopic (exact) mass is 656 g/mol. The van der Waals surface area contributed by atoms with Gasteiger partial charge in [0.05, 0.1) is 22.3 Å². The number of aliphatic imine (C=N–C) groups is 1. The van der Waals surface area contributed by atoms with Crippen LogP contribution >= 0.6 is 11.3 Å². The van der Waals surface area contributed by atoms with Crippen molar-refractivity contribution in [3.05, 3.63) is 101 Å². The molecule has 0 aliphatic carbocycles. The van der Waals surface area contributed by atoms with Gasteiger partial charge in [0.1, 0.15) is 6.04 Å². The molecule has 47 heavy (non-hydrogen) atoms. The number of thiazole rings is 1. The summed E-state index contributed by atoms with van der Waals surface area (Å²) in [5.74, 6) is -1.97. The quantitative estimate of drug-likeness (QED) is 0.0404. The molecule has 9 N–H and O–H groups in total. The maximum absolute atomic E-state index is 14.0. The Kier molecular flexibility index (Phi) is 13.0. The van der Waals surface area contributed by atoms with E-state index in [-0.39, 0.29) is 49.0 Å². The molecule has 0 aliphatic rings. The molecule has 0 fully saturated rings. The van der Waals surface area contributed by atoms with Crippen molar-refractivity contribution in [3.8, 4) is 0 Å². The maximum Gasteiger partial charge on any atom is 0.243 e. The van der Waals surface area contributed by atoms with Gasteiger partial charge in [-0.25, -0.2) is 4.98 Å². The Morgan fingerprint density at radius 1 is 0.745 bits per heavy atom. The maximum atomic E-state index is 14.0. The highest BCUT2D eigenvalue weighted by molar-refractivity contribution is 7.20. The lowest BCUT2D eigenvalue weighted by Gasteiger charge is -2.25. The Hall–Kier alpha value is -5.14. The van der Waals surface area contributed by atoms with Crippen molar-refractivity contribution in [2.45, 2.75) is 56.8 Å². The van der Waals surface area contributed by atoms with Gasteiger partial charge in [-0.1, -0.05) is 72.8 Å². The zero-order valence-corrected chi connectivity index (χ0v) is 26.7. The predicted octanol–water partition coefficient (Wildman–Crippen LogP) is 2.17. The zero-order valence-electron chi connectivity index (χ0n) is 25.9. The average Bonchev–Trinajstić information content (AvgIpc) is 3.50. The molecule has 0 bridgehead atoms. The lowest BCUT2D eigenvalue weighted by Crippen LogP contribution is -2.56. The third-order valence-electron chi connectivity index (χ3n) is 7.39. The number of primary amides is 1. The Balaban J connectivity index is 1.56. The summed E-state index contributed by atoms with van der Waals surface area (Å²) in [6.07, 6.45) is 0.924. The SMILES string of the molecule is NC(=O)CC[C@H](NCc1ccccc1)C(=O)N[C@@H](Cc1ccccc1)C(=O)N[C@H](CCCN=C(N)N)C(=O)c1nc2ccccc2s1. The normalized spacial score (nSPS) is 12.9. The Morgan fingerprint density at radius 2 is 1.36 bits per heavy atom. The third-order valence-corrected chi connectivity index (χ3v) is 8.44. The van der Waals surface area contributed by atoms with E-state index in [4.69, 9.17) is 17.2 Å². The molecule has 3 atom stereocenters. The summed E-state index contributed by atoms with van der Waals surface area (Å²) in [5.41, 5.74) is 18.8. The van der Waals surface area contributed by atoms with E-state index in [1.54, 1.807) is 0 Å². The van der Waals surface area contributed by atoms with E-state index in [0.29, 0.717) is 18.5 Å². The van der Waals surface area contributed by atoms with Crippen LogP contribution in [0.1, 0.15) is 46.6 Å². The number of hydrogen-bond donors (Lipinski definition) is 6. The van der Waals surface area contributed by atoms with Crippen LogP contribution in [0.4, 0.5) is 0 Å². The molecule has 0 saturated heterocycles. The lowest BCUT2D eigenvalue weighted by molar-refractivity contribution is -0.130. The van der Waals surface area contributed by atoms with E-state index in [9.17, 15) is 19.2 Å². The summed E-state index contributed by atoms with van der Waals surface area (Å²) in [4.78, 5) is 61.5. The molecule has 0 aliphatic heterocycles. The first-order chi connectivity index (χ1) is 22.7. The molecule has 0 radical (unpaired) electrons. The van der Waals surface area contributed by atoms with Gasteiger partial charge in [0.15, 0.2) is 11.0 Å². The van der Waals surface area contributed by atoms with Crippen LogP contribution in [0.3, 0.4) is 0 Å². The van der Waals surface area contributed by atoms with Crippen molar-refractivity contribution in [2.24, 2.45) is 22.2 Å². The van der Waals surface area contributed by atoms with Crippen molar-refractivity contribution in [2.75, 3.05) is 6.54 Å². The molecular weight excluding hydrogens is 616 g/mol. The lowest BCUT2D eigenvalue weighted by atomic mass is 10.0. The fraction of sp³-hybridized carbons (Fsp3) is 0.294. The second-order valence-corrected chi connectivity index (χ2v) is 12.1. The van der Waals surface area contributed by atoms with E-state index in [2.05, 4.69) is 25.9 Å². The minimum atomic E-state index is -1.04. The highest BCUT2D eigenvalue weighted by Crippen LogP contribution is 2.23. The summed E-state index contributed by atoms with van der Waals surface area (Å²) in [6, 6.07) is 23.3. The number of nitrogens with zero attached hydrogens (tertiary/aromatic N) is 2. The smallest absolute Gasteiger partial charge is 0.243 e. The highest BCUT2D eigenvalue weighted by Gasteiger charge is 2.30. The Morgan fingerprint density at radius 3 is 2.02 bits per heavy atom. The summed E-state index contributed by atoms with van der Waals surface area (Å²) in [7, 11) is 0. The number of hydrogen-bond acceptors (Lipinski definition) is 8. The van der Waals surface area contributed by atoms with Crippen LogP contribution in [0.5, 0.6) is 0 Å². The van der Waals surface area contributed by atoms with Gasteiger partial charge < -0.3 is 33.2 Å². The fourth-order valence-corrected chi connectivity index (χ4v) is 5.91. The Labute approximate surface area is 277 Å². The number of aromatic nitrogens is 1. The van der Waals surface area contributed by atoms with Crippen LogP contribution < -0.4 is 33.2 Å². The van der Waals surface area contributed by atoms with Crippen LogP contribution in [0.25, 0.3) is 10.2 Å². The molecule has 12 nitrogen and oxygen atoms in total. The minimum Gasteiger partial charge on any atom is -0.370 e. The number of fused-ring (bicyclic) bond motifs is 1. The minimum absolute atomic E-state index is 0.0238. The molecule has 0 saturated carbocycles. The molecule has 3 amide bonds. The second-order valence-electron chi connectivity index (χ2n) is 11.0. The van der Waals surface area contributed by atoms with Crippen molar-refractivity contribution in [3.63, 3.8) is 0 Å². The zero-order chi connectivity index (χ0) is 33.6. The first-order valence-electron chi connectivity index (χ1n) is 15.3. The molecule has 4 aromatic rings. The number of carbonyl (C=O) groups excluding carboxylic acids is 4. The van der Waals surface area contributed by atoms with E-state index in [0.717, 1.165) is 15.8 Å². The van der Waals surface area contributed by atoms with Gasteiger partial charge >= 0.3 is 0 Å². The summed E-state index contributed by atoms with van der Waals surface area (Å²) in [5, 5.41) is 9.20. The summed E-state index contributed by atoms with van der Waals surface area (Å²) in [6.45, 7) is 0.627. The molecule has 1 aromatic heterocycles. The summed E-state index contributed by atoms with van der Waals surface area (Å²) >= 11 is 1.25. The number of Topliss-reactive ketones (excluding diaryl/α,β-unsaturated/α-hetero) is 1. The first-order valence-corrected chi connectivity index (χ1v) is 16.2. The fourth-order valence-electron chi connectivity index (χ4n) is 4.95. The number of para-hydroxylation sites is 1. The number of ketones is 1. The number of carbonyl (C=O) groups is 4. The molecule has 13 heteroatoms. The molecule has 0 unspecified atom stereocenters. The van der Waals surface area contributed by atoms with Gasteiger partial charge in [-0.3, -0.25) is 24.2 Å². The van der Waals surface area contributed by atoms with Crippen LogP contribution in [0.2, 0.25) is 0 Å². The van der Waals surface area contributed by atoms with E-state index in [1.807, 2.05) is 84.9 Å². The molecule has 4 rings (SSSR count). The van der Waals surface area contributed by atoms with E-state index in [1.165, 1.54) is 11.3 Å². The van der Waals surface area contributed by atoms with Gasteiger partial charge in [-0.05, 0) is 42.5 Å². The third kappa shape index (κ3) is 11.0. The summed E-state index contributed by atoms with van der Waals surface area (Å²) < 4.78 is 0.848. The van der Waals surface area contributed by atoms with Gasteiger partial charge in [0, 0.05) is 25.9 Å². The Bertz CT molecular complexity index is 1640. The molecule has 246 valence electrons. The van der Waals surface area contributed by atoms with Gasteiger partial charge in [-0.2, -0.15) is 0 Å². The molecule has 1 heterocycles. The van der Waals surface area contributed by atoms with Gasteiger partial charge in [-0.15, -0.1) is 11.3 Å². The van der Waals surface area contributed by atoms with Crippen LogP contribution in [0.15, 0.2) is 89.9 Å². The van der Waals surface area contributed by atoms with Gasteiger partial charge in [0.25, 0.3) is 0 Å². The standard InChI is InChI=1S/C34H40N8O4S/c35-29(43)18-17-26(39-21-23-12-5-2-6-13-23)31(45)41-27(20-22-10-3-1-4-11-22)32(46)40-25(15-9-19-38-34(36)37)30(44)33-42-24-14-7-8-16-28(24)47-33/h1-8,10-14,16,25-27,39H,9,15,17-21H2,(H2,35,43)(H,40,46)(H,41,45)(H4,36,37,38)/t25-,26+,27+/m1/s1. The second kappa shape index (κ2) is 17.5. The number of rotatable bonds is 18. The number of benzene rings is 3. The number of nitrogens with one attached hydrogen (secondary N) is 3. The van der Waals surface area contributed by atoms with Crippen LogP contribution in [0, 0.1) is 0 Å². The first kappa shape index (κ1) is 34.7. The number of guanidine groups is 1. The van der Waals surface area contributed by atoms with Crippen LogP contribution in [-0.4, -0.2) is 59.1 Å².